The maximum absolute atomic E-state index is 12.4. The predicted octanol–water partition coefficient (Wildman–Crippen LogP) is 0.564. The van der Waals surface area contributed by atoms with Crippen molar-refractivity contribution in [2.75, 3.05) is 39.3 Å². The lowest BCUT2D eigenvalue weighted by atomic mass is 9.96. The zero-order chi connectivity index (χ0) is 14.7. The van der Waals surface area contributed by atoms with Gasteiger partial charge in [0.1, 0.15) is 0 Å². The Morgan fingerprint density at radius 2 is 1.76 bits per heavy atom. The summed E-state index contributed by atoms with van der Waals surface area (Å²) in [5.41, 5.74) is 0. The van der Waals surface area contributed by atoms with Crippen LogP contribution in [0.15, 0.2) is 22.8 Å². The van der Waals surface area contributed by atoms with Crippen molar-refractivity contribution < 1.29 is 14.0 Å². The number of hydrogen-bond acceptors (Lipinski definition) is 4. The molecule has 0 radical (unpaired) electrons. The summed E-state index contributed by atoms with van der Waals surface area (Å²) >= 11 is 0. The van der Waals surface area contributed by atoms with Crippen molar-refractivity contribution in [3.8, 4) is 0 Å². The van der Waals surface area contributed by atoms with Gasteiger partial charge in [0.05, 0.1) is 6.26 Å². The van der Waals surface area contributed by atoms with Gasteiger partial charge in [0.15, 0.2) is 5.76 Å². The van der Waals surface area contributed by atoms with Crippen LogP contribution in [-0.2, 0) is 4.79 Å². The lowest BCUT2D eigenvalue weighted by molar-refractivity contribution is -0.137. The lowest BCUT2D eigenvalue weighted by Crippen LogP contribution is -2.52. The molecular weight excluding hydrogens is 270 g/mol. The Morgan fingerprint density at radius 3 is 2.38 bits per heavy atom. The fraction of sp³-hybridized carbons (Fsp3) is 0.600. The molecule has 3 heterocycles. The molecular formula is C15H21N3O3. The minimum atomic E-state index is -0.0889. The first-order chi connectivity index (χ1) is 10.3. The number of carbonyl (C=O) groups excluding carboxylic acids is 2. The first-order valence-corrected chi connectivity index (χ1v) is 7.58. The maximum Gasteiger partial charge on any atom is 0.289 e. The van der Waals surface area contributed by atoms with Gasteiger partial charge in [0.25, 0.3) is 5.91 Å². The van der Waals surface area contributed by atoms with Crippen LogP contribution in [0.1, 0.15) is 23.4 Å². The van der Waals surface area contributed by atoms with Crippen LogP contribution < -0.4 is 5.32 Å². The van der Waals surface area contributed by atoms with Crippen LogP contribution >= 0.6 is 0 Å². The monoisotopic (exact) mass is 291 g/mol. The zero-order valence-electron chi connectivity index (χ0n) is 12.1. The number of piperazine rings is 1. The number of amides is 2. The molecule has 1 N–H and O–H groups in total. The molecule has 2 aliphatic rings. The predicted molar refractivity (Wildman–Crippen MR) is 76.8 cm³/mol. The van der Waals surface area contributed by atoms with E-state index < -0.39 is 0 Å². The molecule has 0 aromatic carbocycles. The summed E-state index contributed by atoms with van der Waals surface area (Å²) in [5.74, 6) is 0.683. The van der Waals surface area contributed by atoms with E-state index in [9.17, 15) is 9.59 Å². The molecule has 0 saturated carbocycles. The molecule has 6 heteroatoms. The van der Waals surface area contributed by atoms with Crippen LogP contribution in [0.4, 0.5) is 0 Å². The summed E-state index contributed by atoms with van der Waals surface area (Å²) in [7, 11) is 0. The van der Waals surface area contributed by atoms with Gasteiger partial charge in [-0.25, -0.2) is 0 Å². The van der Waals surface area contributed by atoms with Gasteiger partial charge >= 0.3 is 0 Å². The van der Waals surface area contributed by atoms with Crippen molar-refractivity contribution in [2.24, 2.45) is 5.92 Å². The highest BCUT2D eigenvalue weighted by atomic mass is 16.3. The first kappa shape index (κ1) is 14.1. The highest BCUT2D eigenvalue weighted by Gasteiger charge is 2.30. The lowest BCUT2D eigenvalue weighted by Gasteiger charge is -2.36. The standard InChI is InChI=1S/C15H21N3O3/c19-14(12-3-5-16-6-4-12)17-7-9-18(10-8-17)15(20)13-2-1-11-21-13/h1-2,11-12,16H,3-10H2. The highest BCUT2D eigenvalue weighted by molar-refractivity contribution is 5.91. The number of rotatable bonds is 2. The van der Waals surface area contributed by atoms with E-state index in [1.807, 2.05) is 4.90 Å². The van der Waals surface area contributed by atoms with E-state index in [4.69, 9.17) is 4.42 Å². The van der Waals surface area contributed by atoms with Crippen LogP contribution in [0.3, 0.4) is 0 Å². The number of hydrogen-bond donors (Lipinski definition) is 1. The average molecular weight is 291 g/mol. The fourth-order valence-corrected chi connectivity index (χ4v) is 3.01. The average Bonchev–Trinajstić information content (AvgIpc) is 3.09. The van der Waals surface area contributed by atoms with E-state index in [0.29, 0.717) is 31.9 Å². The number of furan rings is 1. The number of nitrogens with zero attached hydrogens (tertiary/aromatic N) is 2. The molecule has 2 fully saturated rings. The van der Waals surface area contributed by atoms with E-state index in [-0.39, 0.29) is 17.7 Å². The van der Waals surface area contributed by atoms with Gasteiger partial charge in [-0.2, -0.15) is 0 Å². The third-order valence-electron chi connectivity index (χ3n) is 4.30. The van der Waals surface area contributed by atoms with Crippen molar-refractivity contribution in [1.82, 2.24) is 15.1 Å². The van der Waals surface area contributed by atoms with E-state index >= 15 is 0 Å². The molecule has 3 rings (SSSR count). The molecule has 2 amide bonds. The van der Waals surface area contributed by atoms with Crippen LogP contribution in [0.5, 0.6) is 0 Å². The summed E-state index contributed by atoms with van der Waals surface area (Å²) in [6.07, 6.45) is 3.35. The normalized spacial score (nSPS) is 20.6. The SMILES string of the molecule is O=C(c1ccco1)N1CCN(C(=O)C2CCNCC2)CC1. The Hall–Kier alpha value is -1.82. The molecule has 1 aromatic rings. The molecule has 0 aliphatic carbocycles. The number of piperidine rings is 1. The van der Waals surface area contributed by atoms with Gasteiger partial charge in [0, 0.05) is 32.1 Å². The molecule has 0 spiro atoms. The molecule has 114 valence electrons. The third-order valence-corrected chi connectivity index (χ3v) is 4.30. The van der Waals surface area contributed by atoms with Crippen LogP contribution in [-0.4, -0.2) is 60.9 Å². The van der Waals surface area contributed by atoms with Gasteiger partial charge in [0.2, 0.25) is 5.91 Å². The van der Waals surface area contributed by atoms with Crippen molar-refractivity contribution in [3.63, 3.8) is 0 Å². The smallest absolute Gasteiger partial charge is 0.289 e. The highest BCUT2D eigenvalue weighted by Crippen LogP contribution is 2.17. The van der Waals surface area contributed by atoms with E-state index in [1.54, 1.807) is 17.0 Å². The Labute approximate surface area is 124 Å². The van der Waals surface area contributed by atoms with Gasteiger partial charge in [-0.05, 0) is 38.1 Å². The Bertz CT molecular complexity index is 486. The maximum atomic E-state index is 12.4. The fourth-order valence-electron chi connectivity index (χ4n) is 3.01. The van der Waals surface area contributed by atoms with Crippen molar-refractivity contribution >= 4 is 11.8 Å². The Kier molecular flexibility index (Phi) is 4.24. The molecule has 2 aliphatic heterocycles. The van der Waals surface area contributed by atoms with Gasteiger partial charge in [-0.1, -0.05) is 0 Å². The van der Waals surface area contributed by atoms with Gasteiger partial charge in [-0.15, -0.1) is 0 Å². The topological polar surface area (TPSA) is 65.8 Å². The summed E-state index contributed by atoms with van der Waals surface area (Å²) in [6, 6.07) is 3.39. The molecule has 0 unspecified atom stereocenters. The Balaban J connectivity index is 1.52. The van der Waals surface area contributed by atoms with Crippen molar-refractivity contribution in [1.29, 1.82) is 0 Å². The second-order valence-corrected chi connectivity index (χ2v) is 5.62. The largest absolute Gasteiger partial charge is 0.459 e. The summed E-state index contributed by atoms with van der Waals surface area (Å²) < 4.78 is 5.14. The van der Waals surface area contributed by atoms with Crippen LogP contribution in [0, 0.1) is 5.92 Å². The Morgan fingerprint density at radius 1 is 1.10 bits per heavy atom. The molecule has 0 bridgehead atoms. The molecule has 21 heavy (non-hydrogen) atoms. The second-order valence-electron chi connectivity index (χ2n) is 5.62. The molecule has 2 saturated heterocycles. The summed E-state index contributed by atoms with van der Waals surface area (Å²) in [4.78, 5) is 28.3. The van der Waals surface area contributed by atoms with E-state index in [1.165, 1.54) is 6.26 Å². The summed E-state index contributed by atoms with van der Waals surface area (Å²) in [6.45, 7) is 4.25. The number of carbonyl (C=O) groups is 2. The minimum Gasteiger partial charge on any atom is -0.459 e. The molecule has 6 nitrogen and oxygen atoms in total. The van der Waals surface area contributed by atoms with E-state index in [0.717, 1.165) is 25.9 Å². The molecule has 1 aromatic heterocycles. The number of nitrogens with one attached hydrogen (secondary N) is 1. The van der Waals surface area contributed by atoms with E-state index in [2.05, 4.69) is 5.32 Å². The van der Waals surface area contributed by atoms with Crippen molar-refractivity contribution in [3.05, 3.63) is 24.2 Å². The minimum absolute atomic E-state index is 0.0889. The first-order valence-electron chi connectivity index (χ1n) is 7.58. The zero-order valence-corrected chi connectivity index (χ0v) is 12.1. The quantitative estimate of drug-likeness (QED) is 0.865. The summed E-state index contributed by atoms with van der Waals surface area (Å²) in [5, 5.41) is 3.28. The van der Waals surface area contributed by atoms with Gasteiger partial charge < -0.3 is 19.5 Å². The third kappa shape index (κ3) is 3.10. The van der Waals surface area contributed by atoms with Crippen LogP contribution in [0.2, 0.25) is 0 Å². The molecule has 0 atom stereocenters. The van der Waals surface area contributed by atoms with Crippen LogP contribution in [0.25, 0.3) is 0 Å². The van der Waals surface area contributed by atoms with Gasteiger partial charge in [-0.3, -0.25) is 9.59 Å². The second kappa shape index (κ2) is 6.30. The van der Waals surface area contributed by atoms with Crippen molar-refractivity contribution in [2.45, 2.75) is 12.8 Å².